The molecule has 1 aromatic heterocycles. The Balaban J connectivity index is 1.00. The van der Waals surface area contributed by atoms with Crippen LogP contribution in [0.5, 0.6) is 11.5 Å². The van der Waals surface area contributed by atoms with E-state index in [0.717, 1.165) is 41.2 Å². The summed E-state index contributed by atoms with van der Waals surface area (Å²) in [6.45, 7) is 2.94. The largest absolute Gasteiger partial charge is 0.493 e. The summed E-state index contributed by atoms with van der Waals surface area (Å²) >= 11 is 0. The Morgan fingerprint density at radius 1 is 0.788 bits per heavy atom. The van der Waals surface area contributed by atoms with Crippen LogP contribution in [-0.2, 0) is 23.1 Å². The van der Waals surface area contributed by atoms with Gasteiger partial charge in [-0.25, -0.2) is 8.42 Å². The molecular formula is C43H47N3O5S. The van der Waals surface area contributed by atoms with E-state index in [1.54, 1.807) is 18.2 Å². The van der Waals surface area contributed by atoms with Gasteiger partial charge in [-0.3, -0.25) is 4.31 Å². The number of benzene rings is 5. The van der Waals surface area contributed by atoms with Crippen molar-refractivity contribution in [2.75, 3.05) is 36.9 Å². The SMILES string of the molecule is CS(=O)(=O)N(Cc1ccccc1)c1cccc([C@@H](O)CNCCOc2ccc3c4ccc(OCC5CCCC5)cc4n(Cc4ccccc4)c3c2)c1. The number of nitrogens with one attached hydrogen (secondary N) is 1. The second kappa shape index (κ2) is 16.2. The third kappa shape index (κ3) is 8.61. The minimum Gasteiger partial charge on any atom is -0.493 e. The zero-order valence-electron chi connectivity index (χ0n) is 29.7. The van der Waals surface area contributed by atoms with Crippen LogP contribution in [0, 0.1) is 5.92 Å². The number of nitrogens with zero attached hydrogens (tertiary/aromatic N) is 2. The van der Waals surface area contributed by atoms with Gasteiger partial charge in [0.05, 0.1) is 42.2 Å². The Morgan fingerprint density at radius 3 is 2.08 bits per heavy atom. The molecule has 0 unspecified atom stereocenters. The molecule has 0 spiro atoms. The number of hydrogen-bond donors (Lipinski definition) is 2. The summed E-state index contributed by atoms with van der Waals surface area (Å²) in [5.74, 6) is 2.34. The molecule has 0 saturated heterocycles. The summed E-state index contributed by atoms with van der Waals surface area (Å²) in [5.41, 5.74) is 5.49. The molecule has 1 atom stereocenters. The lowest BCUT2D eigenvalue weighted by Crippen LogP contribution is -2.29. The third-order valence-corrected chi connectivity index (χ3v) is 11.1. The highest BCUT2D eigenvalue weighted by Crippen LogP contribution is 2.35. The molecule has 0 amide bonds. The number of sulfonamides is 1. The zero-order chi connectivity index (χ0) is 35.9. The molecule has 5 aromatic carbocycles. The average molecular weight is 718 g/mol. The second-order valence-corrected chi connectivity index (χ2v) is 15.7. The highest BCUT2D eigenvalue weighted by Gasteiger charge is 2.20. The molecule has 0 bridgehead atoms. The molecule has 1 fully saturated rings. The first-order chi connectivity index (χ1) is 25.3. The molecule has 0 aliphatic heterocycles. The number of anilines is 1. The molecular weight excluding hydrogens is 671 g/mol. The third-order valence-electron chi connectivity index (χ3n) is 9.95. The topological polar surface area (TPSA) is 93.0 Å². The summed E-state index contributed by atoms with van der Waals surface area (Å²) in [6.07, 6.45) is 5.49. The molecule has 0 radical (unpaired) electrons. The number of aliphatic hydroxyl groups is 1. The maximum atomic E-state index is 12.7. The van der Waals surface area contributed by atoms with Crippen LogP contribution in [0.15, 0.2) is 121 Å². The number of ether oxygens (including phenoxy) is 2. The quantitative estimate of drug-likeness (QED) is 0.0985. The van der Waals surface area contributed by atoms with Gasteiger partial charge in [0.1, 0.15) is 18.1 Å². The molecule has 6 aromatic rings. The molecule has 1 heterocycles. The Morgan fingerprint density at radius 2 is 1.42 bits per heavy atom. The molecule has 52 heavy (non-hydrogen) atoms. The highest BCUT2D eigenvalue weighted by molar-refractivity contribution is 7.92. The molecule has 7 rings (SSSR count). The molecule has 1 aliphatic rings. The number of fused-ring (bicyclic) bond motifs is 3. The first-order valence-electron chi connectivity index (χ1n) is 18.2. The Labute approximate surface area is 306 Å². The number of aromatic nitrogens is 1. The van der Waals surface area contributed by atoms with E-state index in [2.05, 4.69) is 64.5 Å². The van der Waals surface area contributed by atoms with Crippen LogP contribution in [0.2, 0.25) is 0 Å². The van der Waals surface area contributed by atoms with E-state index in [1.165, 1.54) is 52.6 Å². The van der Waals surface area contributed by atoms with E-state index >= 15 is 0 Å². The number of hydrogen-bond acceptors (Lipinski definition) is 6. The standard InChI is InChI=1S/C43H47N3O5S/c1-52(48,49)46(30-33-13-6-3-7-14-33)36-18-10-17-35(25-36)43(47)28-44-23-24-50-37-19-21-39-40-22-20-38(51-31-34-15-8-9-16-34)27-42(40)45(41(39)26-37)29-32-11-4-2-5-12-32/h2-7,10-14,17-22,25-27,34,43-44,47H,8-9,15-16,23-24,28-31H2,1H3/t43-/m0/s1. The molecule has 9 heteroatoms. The van der Waals surface area contributed by atoms with Crippen LogP contribution in [-0.4, -0.2) is 50.7 Å². The van der Waals surface area contributed by atoms with Crippen molar-refractivity contribution in [3.63, 3.8) is 0 Å². The maximum absolute atomic E-state index is 12.7. The van der Waals surface area contributed by atoms with Crippen LogP contribution >= 0.6 is 0 Å². The maximum Gasteiger partial charge on any atom is 0.232 e. The first-order valence-corrected chi connectivity index (χ1v) is 20.0. The van der Waals surface area contributed by atoms with E-state index in [1.807, 2.05) is 48.5 Å². The van der Waals surface area contributed by atoms with Gasteiger partial charge in [0.15, 0.2) is 0 Å². The minimum atomic E-state index is -3.54. The van der Waals surface area contributed by atoms with Gasteiger partial charge in [-0.1, -0.05) is 85.6 Å². The van der Waals surface area contributed by atoms with Crippen LogP contribution in [0.4, 0.5) is 5.69 Å². The molecule has 270 valence electrons. The summed E-state index contributed by atoms with van der Waals surface area (Å²) < 4.78 is 41.6. The summed E-state index contributed by atoms with van der Waals surface area (Å²) in [7, 11) is -3.54. The van der Waals surface area contributed by atoms with Crippen LogP contribution in [0.25, 0.3) is 21.8 Å². The fourth-order valence-corrected chi connectivity index (χ4v) is 8.08. The fourth-order valence-electron chi connectivity index (χ4n) is 7.20. The normalized spacial score (nSPS) is 14.2. The van der Waals surface area contributed by atoms with Crippen molar-refractivity contribution in [1.82, 2.24) is 9.88 Å². The van der Waals surface area contributed by atoms with Gasteiger partial charge >= 0.3 is 0 Å². The summed E-state index contributed by atoms with van der Waals surface area (Å²) in [4.78, 5) is 0. The zero-order valence-corrected chi connectivity index (χ0v) is 30.5. The van der Waals surface area contributed by atoms with Crippen molar-refractivity contribution in [3.05, 3.63) is 138 Å². The highest BCUT2D eigenvalue weighted by atomic mass is 32.2. The first kappa shape index (κ1) is 35.6. The second-order valence-electron chi connectivity index (χ2n) is 13.8. The number of rotatable bonds is 16. The van der Waals surface area contributed by atoms with Crippen molar-refractivity contribution >= 4 is 37.5 Å². The smallest absolute Gasteiger partial charge is 0.232 e. The lowest BCUT2D eigenvalue weighted by molar-refractivity contribution is 0.172. The van der Waals surface area contributed by atoms with Crippen molar-refractivity contribution in [1.29, 1.82) is 0 Å². The number of aliphatic hydroxyl groups excluding tert-OH is 1. The molecule has 1 saturated carbocycles. The van der Waals surface area contributed by atoms with Gasteiger partial charge in [-0.15, -0.1) is 0 Å². The van der Waals surface area contributed by atoms with Gasteiger partial charge in [-0.2, -0.15) is 0 Å². The van der Waals surface area contributed by atoms with Gasteiger partial charge in [0, 0.05) is 42.5 Å². The minimum absolute atomic E-state index is 0.212. The van der Waals surface area contributed by atoms with E-state index < -0.39 is 16.1 Å². The monoisotopic (exact) mass is 717 g/mol. The van der Waals surface area contributed by atoms with Crippen molar-refractivity contribution in [3.8, 4) is 11.5 Å². The van der Waals surface area contributed by atoms with E-state index in [9.17, 15) is 13.5 Å². The lowest BCUT2D eigenvalue weighted by Gasteiger charge is -2.24. The molecule has 1 aliphatic carbocycles. The molecule has 2 N–H and O–H groups in total. The lowest BCUT2D eigenvalue weighted by atomic mass is 10.1. The Hall–Kier alpha value is -4.83. The van der Waals surface area contributed by atoms with E-state index in [0.29, 0.717) is 36.9 Å². The van der Waals surface area contributed by atoms with Gasteiger partial charge in [0.25, 0.3) is 0 Å². The Kier molecular flexibility index (Phi) is 11.1. The van der Waals surface area contributed by atoms with Crippen molar-refractivity contribution < 1.29 is 23.0 Å². The van der Waals surface area contributed by atoms with E-state index in [-0.39, 0.29) is 6.54 Å². The van der Waals surface area contributed by atoms with E-state index in [4.69, 9.17) is 9.47 Å². The van der Waals surface area contributed by atoms with Gasteiger partial charge in [0.2, 0.25) is 10.0 Å². The van der Waals surface area contributed by atoms with Gasteiger partial charge in [-0.05, 0) is 71.8 Å². The van der Waals surface area contributed by atoms with Crippen LogP contribution in [0.1, 0.15) is 48.5 Å². The van der Waals surface area contributed by atoms with Gasteiger partial charge < -0.3 is 24.5 Å². The average Bonchev–Trinajstić information content (AvgIpc) is 3.79. The fraction of sp³-hybridized carbons (Fsp3) is 0.302. The summed E-state index contributed by atoms with van der Waals surface area (Å²) in [6, 6.07) is 39.8. The predicted molar refractivity (Wildman–Crippen MR) is 210 cm³/mol. The predicted octanol–water partition coefficient (Wildman–Crippen LogP) is 8.08. The Bertz CT molecular complexity index is 2200. The van der Waals surface area contributed by atoms with Crippen LogP contribution in [0.3, 0.4) is 0 Å². The molecule has 8 nitrogen and oxygen atoms in total. The van der Waals surface area contributed by atoms with Crippen molar-refractivity contribution in [2.24, 2.45) is 5.92 Å². The summed E-state index contributed by atoms with van der Waals surface area (Å²) in [5, 5.41) is 16.6. The van der Waals surface area contributed by atoms with Crippen LogP contribution < -0.4 is 19.1 Å². The van der Waals surface area contributed by atoms with Crippen molar-refractivity contribution in [2.45, 2.75) is 44.9 Å².